The number of carbonyl (C=O) groups is 1. The third-order valence-electron chi connectivity index (χ3n) is 11.2. The zero-order valence-electron chi connectivity index (χ0n) is 36.2. The van der Waals surface area contributed by atoms with Gasteiger partial charge in [0.15, 0.2) is 6.29 Å². The first-order chi connectivity index (χ1) is 27.9. The average molecular weight is 852 g/mol. The minimum absolute atomic E-state index is 0.255. The summed E-state index contributed by atoms with van der Waals surface area (Å²) in [5.41, 5.74) is 0. The van der Waals surface area contributed by atoms with Crippen LogP contribution in [-0.4, -0.2) is 107 Å². The topological polar surface area (TPSA) is 212 Å². The highest BCUT2D eigenvalue weighted by atomic mass is 32.3. The monoisotopic (exact) mass is 852 g/mol. The highest BCUT2D eigenvalue weighted by Crippen LogP contribution is 2.26. The molecular formula is C44H85NO12S. The van der Waals surface area contributed by atoms with E-state index in [-0.39, 0.29) is 6.42 Å². The van der Waals surface area contributed by atoms with Crippen LogP contribution in [0, 0.1) is 0 Å². The van der Waals surface area contributed by atoms with Gasteiger partial charge in [-0.3, -0.25) is 9.35 Å². The van der Waals surface area contributed by atoms with Crippen molar-refractivity contribution in [3.63, 3.8) is 0 Å². The Morgan fingerprint density at radius 1 is 0.672 bits per heavy atom. The van der Waals surface area contributed by atoms with Crippen LogP contribution in [0.2, 0.25) is 0 Å². The van der Waals surface area contributed by atoms with Crippen LogP contribution in [0.3, 0.4) is 0 Å². The number of allylic oxidation sites excluding steroid dienone is 2. The Kier molecular flexibility index (Phi) is 33.5. The molecule has 1 aliphatic rings. The maximum atomic E-state index is 13.1. The summed E-state index contributed by atoms with van der Waals surface area (Å²) in [6.45, 7) is 3.25. The van der Waals surface area contributed by atoms with E-state index in [1.165, 1.54) is 103 Å². The van der Waals surface area contributed by atoms with Gasteiger partial charge >= 0.3 is 10.4 Å². The van der Waals surface area contributed by atoms with Crippen molar-refractivity contribution in [3.05, 3.63) is 12.2 Å². The van der Waals surface area contributed by atoms with E-state index < -0.39 is 78.5 Å². The molecule has 0 saturated carbocycles. The molecule has 1 amide bonds. The predicted molar refractivity (Wildman–Crippen MR) is 228 cm³/mol. The van der Waals surface area contributed by atoms with Crippen molar-refractivity contribution in [1.82, 2.24) is 5.32 Å². The fraction of sp³-hybridized carbons (Fsp3) is 0.932. The zero-order valence-corrected chi connectivity index (χ0v) is 37.1. The number of hydrogen-bond acceptors (Lipinski definition) is 11. The third kappa shape index (κ3) is 27.6. The van der Waals surface area contributed by atoms with Crippen LogP contribution in [0.15, 0.2) is 12.2 Å². The first-order valence-corrected chi connectivity index (χ1v) is 24.5. The van der Waals surface area contributed by atoms with Gasteiger partial charge in [-0.25, -0.2) is 4.18 Å². The lowest BCUT2D eigenvalue weighted by Crippen LogP contribution is -2.61. The van der Waals surface area contributed by atoms with Gasteiger partial charge in [0.1, 0.15) is 30.5 Å². The molecule has 344 valence electrons. The summed E-state index contributed by atoms with van der Waals surface area (Å²) in [5, 5.41) is 55.2. The number of hydrogen-bond donors (Lipinski definition) is 7. The fourth-order valence-electron chi connectivity index (χ4n) is 7.46. The molecule has 1 aliphatic heterocycles. The summed E-state index contributed by atoms with van der Waals surface area (Å²) in [5.74, 6) is -0.675. The lowest BCUT2D eigenvalue weighted by atomic mass is 9.99. The minimum Gasteiger partial charge on any atom is -0.394 e. The molecule has 0 bridgehead atoms. The van der Waals surface area contributed by atoms with Crippen LogP contribution in [0.25, 0.3) is 0 Å². The van der Waals surface area contributed by atoms with Crippen molar-refractivity contribution < 1.29 is 57.0 Å². The molecule has 7 N–H and O–H groups in total. The van der Waals surface area contributed by atoms with E-state index in [4.69, 9.17) is 14.0 Å². The van der Waals surface area contributed by atoms with E-state index in [0.29, 0.717) is 19.3 Å². The van der Waals surface area contributed by atoms with E-state index in [1.54, 1.807) is 0 Å². The van der Waals surface area contributed by atoms with Gasteiger partial charge in [0.05, 0.1) is 25.4 Å². The molecule has 8 atom stereocenters. The molecule has 1 saturated heterocycles. The summed E-state index contributed by atoms with van der Waals surface area (Å²) in [4.78, 5) is 13.1. The van der Waals surface area contributed by atoms with Crippen molar-refractivity contribution in [2.24, 2.45) is 0 Å². The highest BCUT2D eigenvalue weighted by Gasteiger charge is 2.48. The van der Waals surface area contributed by atoms with Gasteiger partial charge in [0.2, 0.25) is 5.91 Å². The number of rotatable bonds is 39. The lowest BCUT2D eigenvalue weighted by molar-refractivity contribution is -0.298. The quantitative estimate of drug-likeness (QED) is 0.0180. The van der Waals surface area contributed by atoms with Gasteiger partial charge < -0.3 is 40.3 Å². The Morgan fingerprint density at radius 3 is 1.55 bits per heavy atom. The molecule has 0 spiro atoms. The number of nitrogens with one attached hydrogen (secondary N) is 1. The summed E-state index contributed by atoms with van der Waals surface area (Å²) >= 11 is 0. The van der Waals surface area contributed by atoms with Crippen LogP contribution >= 0.6 is 0 Å². The Morgan fingerprint density at radius 2 is 1.10 bits per heavy atom. The van der Waals surface area contributed by atoms with Crippen molar-refractivity contribution in [1.29, 1.82) is 0 Å². The summed E-state index contributed by atoms with van der Waals surface area (Å²) in [6, 6.07) is -1.03. The Hall–Kier alpha value is -1.20. The molecule has 58 heavy (non-hydrogen) atoms. The zero-order chi connectivity index (χ0) is 42.9. The average Bonchev–Trinajstić information content (AvgIpc) is 3.19. The molecule has 0 aliphatic carbocycles. The molecule has 1 rings (SSSR count). The standard InChI is InChI=1S/C44H85NO12S/c1-3-5-7-9-11-13-15-16-17-18-19-20-21-22-23-25-27-29-31-33-38(48)43(51)45-36(37(47)32-30-28-26-24-14-12-10-8-6-4-2)35-55-44-41(50)42(57-58(52,53)54)40(49)39(34-46)56-44/h19-20,36-42,44,46-50H,3-18,21-35H2,1-2H3,(H,45,51)(H,52,53,54)/b20-19-. The van der Waals surface area contributed by atoms with E-state index in [2.05, 4.69) is 35.5 Å². The van der Waals surface area contributed by atoms with E-state index in [0.717, 1.165) is 57.8 Å². The molecule has 8 unspecified atom stereocenters. The maximum Gasteiger partial charge on any atom is 0.397 e. The Labute approximate surface area is 352 Å². The van der Waals surface area contributed by atoms with Crippen LogP contribution in [-0.2, 0) is 28.9 Å². The third-order valence-corrected chi connectivity index (χ3v) is 11.6. The minimum atomic E-state index is -5.10. The predicted octanol–water partition coefficient (Wildman–Crippen LogP) is 7.75. The van der Waals surface area contributed by atoms with Gasteiger partial charge in [0, 0.05) is 0 Å². The summed E-state index contributed by atoms with van der Waals surface area (Å²) in [7, 11) is -5.10. The molecule has 0 aromatic carbocycles. The largest absolute Gasteiger partial charge is 0.397 e. The summed E-state index contributed by atoms with van der Waals surface area (Å²) in [6.07, 6.45) is 25.5. The van der Waals surface area contributed by atoms with Crippen molar-refractivity contribution in [2.75, 3.05) is 13.2 Å². The first-order valence-electron chi connectivity index (χ1n) is 23.2. The number of amides is 1. The van der Waals surface area contributed by atoms with Crippen molar-refractivity contribution in [2.45, 2.75) is 249 Å². The molecule has 1 heterocycles. The van der Waals surface area contributed by atoms with Gasteiger partial charge in [0.25, 0.3) is 0 Å². The number of carbonyl (C=O) groups excluding carboxylic acids is 1. The van der Waals surface area contributed by atoms with Gasteiger partial charge in [-0.15, -0.1) is 0 Å². The molecule has 1 fully saturated rings. The second-order valence-electron chi connectivity index (χ2n) is 16.5. The van der Waals surface area contributed by atoms with E-state index in [9.17, 15) is 38.7 Å². The Bertz CT molecular complexity index is 1110. The SMILES string of the molecule is CCCCCCCCCCC/C=C\CCCCCCCCC(O)C(=O)NC(COC1OC(CO)C(O)C(OS(=O)(=O)O)C1O)C(O)CCCCCCCCCCCC. The van der Waals surface area contributed by atoms with E-state index >= 15 is 0 Å². The van der Waals surface area contributed by atoms with E-state index in [1.807, 2.05) is 0 Å². The highest BCUT2D eigenvalue weighted by molar-refractivity contribution is 7.80. The van der Waals surface area contributed by atoms with Crippen LogP contribution in [0.4, 0.5) is 0 Å². The molecule has 0 aromatic rings. The normalized spacial score (nSPS) is 21.7. The second-order valence-corrected chi connectivity index (χ2v) is 17.5. The van der Waals surface area contributed by atoms with Crippen molar-refractivity contribution >= 4 is 16.3 Å². The lowest BCUT2D eigenvalue weighted by Gasteiger charge is -2.41. The van der Waals surface area contributed by atoms with Crippen LogP contribution < -0.4 is 5.32 Å². The van der Waals surface area contributed by atoms with Crippen molar-refractivity contribution in [3.8, 4) is 0 Å². The Balaban J connectivity index is 2.50. The van der Waals surface area contributed by atoms with Gasteiger partial charge in [-0.2, -0.15) is 8.42 Å². The van der Waals surface area contributed by atoms with Gasteiger partial charge in [-0.1, -0.05) is 174 Å². The van der Waals surface area contributed by atoms with Crippen LogP contribution in [0.1, 0.15) is 200 Å². The molecule has 14 heteroatoms. The molecule has 13 nitrogen and oxygen atoms in total. The van der Waals surface area contributed by atoms with Crippen LogP contribution in [0.5, 0.6) is 0 Å². The molecule has 0 aromatic heterocycles. The maximum absolute atomic E-state index is 13.1. The first kappa shape index (κ1) is 54.8. The second kappa shape index (κ2) is 35.4. The number of ether oxygens (including phenoxy) is 2. The molecule has 0 radical (unpaired) electrons. The summed E-state index contributed by atoms with van der Waals surface area (Å²) < 4.78 is 47.5. The smallest absolute Gasteiger partial charge is 0.394 e. The molecular weight excluding hydrogens is 767 g/mol. The number of aliphatic hydroxyl groups excluding tert-OH is 5. The fourth-order valence-corrected chi connectivity index (χ4v) is 7.97. The number of unbranched alkanes of at least 4 members (excludes halogenated alkanes) is 24. The van der Waals surface area contributed by atoms with Gasteiger partial charge in [-0.05, 0) is 38.5 Å². The number of aliphatic hydroxyl groups is 5.